The molecule has 4 nitrogen and oxygen atoms in total. The maximum Gasteiger partial charge on any atom is 0.223 e. The van der Waals surface area contributed by atoms with Crippen LogP contribution in [-0.4, -0.2) is 31.4 Å². The molecule has 1 unspecified atom stereocenters. The molecule has 102 valence electrons. The molecule has 1 aromatic heterocycles. The van der Waals surface area contributed by atoms with Crippen LogP contribution in [0.3, 0.4) is 0 Å². The Balaban J connectivity index is 1.92. The number of carbonyl (C=O) groups excluding carboxylic acids is 1. The second-order valence-corrected chi connectivity index (χ2v) is 4.90. The average molecular weight is 260 g/mol. The first-order chi connectivity index (χ1) is 9.08. The quantitative estimate of drug-likeness (QED) is 0.898. The maximum absolute atomic E-state index is 11.5. The Hall–Kier alpha value is -1.81. The third kappa shape index (κ3) is 3.35. The largest absolute Gasteiger partial charge is 0.459 e. The van der Waals surface area contributed by atoms with E-state index in [2.05, 4.69) is 5.32 Å². The number of benzene rings is 1. The lowest BCUT2D eigenvalue weighted by molar-refractivity contribution is -0.128. The highest BCUT2D eigenvalue weighted by Crippen LogP contribution is 2.23. The zero-order valence-corrected chi connectivity index (χ0v) is 11.6. The summed E-state index contributed by atoms with van der Waals surface area (Å²) >= 11 is 0. The van der Waals surface area contributed by atoms with E-state index in [0.717, 1.165) is 16.7 Å². The van der Waals surface area contributed by atoms with Crippen molar-refractivity contribution in [2.45, 2.75) is 19.4 Å². The van der Waals surface area contributed by atoms with Crippen LogP contribution in [0, 0.1) is 0 Å². The number of fused-ring (bicyclic) bond motifs is 1. The van der Waals surface area contributed by atoms with Crippen molar-refractivity contribution in [2.24, 2.45) is 0 Å². The molecule has 19 heavy (non-hydrogen) atoms. The number of carbonyl (C=O) groups is 1. The first-order valence-electron chi connectivity index (χ1n) is 6.50. The predicted octanol–water partition coefficient (Wildman–Crippen LogP) is 2.56. The second kappa shape index (κ2) is 5.89. The Kier molecular flexibility index (Phi) is 4.22. The number of furan rings is 1. The van der Waals surface area contributed by atoms with Crippen LogP contribution in [0.25, 0.3) is 11.0 Å². The summed E-state index contributed by atoms with van der Waals surface area (Å²) in [6.07, 6.45) is 0.498. The van der Waals surface area contributed by atoms with Gasteiger partial charge in [0.15, 0.2) is 0 Å². The minimum atomic E-state index is 0.0994. The highest BCUT2D eigenvalue weighted by atomic mass is 16.3. The zero-order valence-electron chi connectivity index (χ0n) is 11.6. The molecule has 1 N–H and O–H groups in total. The highest BCUT2D eigenvalue weighted by Gasteiger charge is 2.11. The van der Waals surface area contributed by atoms with Gasteiger partial charge in [0.05, 0.1) is 6.04 Å². The summed E-state index contributed by atoms with van der Waals surface area (Å²) in [5.41, 5.74) is 0.899. The van der Waals surface area contributed by atoms with Crippen molar-refractivity contribution in [1.29, 1.82) is 0 Å². The molecule has 0 aliphatic carbocycles. The molecular formula is C15H20N2O2. The molecule has 0 bridgehead atoms. The molecule has 1 atom stereocenters. The van der Waals surface area contributed by atoms with Crippen LogP contribution in [0.15, 0.2) is 34.7 Å². The summed E-state index contributed by atoms with van der Waals surface area (Å²) < 4.78 is 5.78. The molecule has 2 aromatic rings. The molecule has 1 heterocycles. The van der Waals surface area contributed by atoms with Gasteiger partial charge in [0.2, 0.25) is 5.91 Å². The van der Waals surface area contributed by atoms with E-state index in [4.69, 9.17) is 4.42 Å². The molecule has 0 radical (unpaired) electrons. The molecule has 0 spiro atoms. The maximum atomic E-state index is 11.5. The number of hydrogen-bond acceptors (Lipinski definition) is 3. The van der Waals surface area contributed by atoms with Crippen LogP contribution in [-0.2, 0) is 4.79 Å². The predicted molar refractivity (Wildman–Crippen MR) is 75.9 cm³/mol. The van der Waals surface area contributed by atoms with Crippen molar-refractivity contribution in [3.05, 3.63) is 36.1 Å². The Morgan fingerprint density at radius 3 is 2.79 bits per heavy atom. The first kappa shape index (κ1) is 13.6. The van der Waals surface area contributed by atoms with Crippen molar-refractivity contribution in [3.8, 4) is 0 Å². The van der Waals surface area contributed by atoms with E-state index >= 15 is 0 Å². The Labute approximate surface area is 113 Å². The van der Waals surface area contributed by atoms with Crippen LogP contribution in [0.4, 0.5) is 0 Å². The molecule has 0 saturated heterocycles. The van der Waals surface area contributed by atoms with Gasteiger partial charge in [-0.3, -0.25) is 4.79 Å². The van der Waals surface area contributed by atoms with E-state index in [1.807, 2.05) is 37.3 Å². The standard InChI is InChI=1S/C15H20N2O2/c1-11(16-9-8-15(18)17(2)3)14-10-12-6-4-5-7-13(12)19-14/h4-7,10-11,16H,8-9H2,1-3H3. The molecule has 0 fully saturated rings. The molecule has 0 aliphatic rings. The molecule has 4 heteroatoms. The molecule has 0 saturated carbocycles. The summed E-state index contributed by atoms with van der Waals surface area (Å²) in [7, 11) is 3.54. The van der Waals surface area contributed by atoms with Gasteiger partial charge in [-0.15, -0.1) is 0 Å². The Morgan fingerprint density at radius 2 is 2.11 bits per heavy atom. The Bertz CT molecular complexity index is 527. The van der Waals surface area contributed by atoms with E-state index in [-0.39, 0.29) is 11.9 Å². The van der Waals surface area contributed by atoms with Crippen LogP contribution < -0.4 is 5.32 Å². The average Bonchev–Trinajstić information content (AvgIpc) is 2.82. The van der Waals surface area contributed by atoms with Crippen molar-refractivity contribution in [1.82, 2.24) is 10.2 Å². The minimum absolute atomic E-state index is 0.0994. The summed E-state index contributed by atoms with van der Waals surface area (Å²) in [4.78, 5) is 13.1. The summed E-state index contributed by atoms with van der Waals surface area (Å²) in [6.45, 7) is 2.69. The second-order valence-electron chi connectivity index (χ2n) is 4.90. The Morgan fingerprint density at radius 1 is 1.37 bits per heavy atom. The van der Waals surface area contributed by atoms with Crippen molar-refractivity contribution >= 4 is 16.9 Å². The van der Waals surface area contributed by atoms with Crippen LogP contribution >= 0.6 is 0 Å². The number of amides is 1. The lowest BCUT2D eigenvalue weighted by Gasteiger charge is -2.13. The molecule has 1 amide bonds. The lowest BCUT2D eigenvalue weighted by atomic mass is 10.2. The van der Waals surface area contributed by atoms with Gasteiger partial charge in [-0.2, -0.15) is 0 Å². The van der Waals surface area contributed by atoms with Crippen LogP contribution in [0.2, 0.25) is 0 Å². The summed E-state index contributed by atoms with van der Waals surface area (Å²) in [5, 5.41) is 4.41. The van der Waals surface area contributed by atoms with Gasteiger partial charge in [0.1, 0.15) is 11.3 Å². The van der Waals surface area contributed by atoms with Gasteiger partial charge in [-0.25, -0.2) is 0 Å². The van der Waals surface area contributed by atoms with Crippen LogP contribution in [0.5, 0.6) is 0 Å². The van der Waals surface area contributed by atoms with Gasteiger partial charge < -0.3 is 14.6 Å². The topological polar surface area (TPSA) is 45.5 Å². The van der Waals surface area contributed by atoms with E-state index in [1.54, 1.807) is 19.0 Å². The van der Waals surface area contributed by atoms with Crippen molar-refractivity contribution < 1.29 is 9.21 Å². The minimum Gasteiger partial charge on any atom is -0.459 e. The fourth-order valence-electron chi connectivity index (χ4n) is 1.94. The highest BCUT2D eigenvalue weighted by molar-refractivity contribution is 5.77. The van der Waals surface area contributed by atoms with Gasteiger partial charge >= 0.3 is 0 Å². The number of para-hydroxylation sites is 1. The number of nitrogens with one attached hydrogen (secondary N) is 1. The third-order valence-corrected chi connectivity index (χ3v) is 3.16. The van der Waals surface area contributed by atoms with Crippen molar-refractivity contribution in [3.63, 3.8) is 0 Å². The fraction of sp³-hybridized carbons (Fsp3) is 0.400. The fourth-order valence-corrected chi connectivity index (χ4v) is 1.94. The van der Waals surface area contributed by atoms with E-state index in [1.165, 1.54) is 0 Å². The van der Waals surface area contributed by atoms with Gasteiger partial charge in [0.25, 0.3) is 0 Å². The number of nitrogens with zero attached hydrogens (tertiary/aromatic N) is 1. The van der Waals surface area contributed by atoms with Gasteiger partial charge in [-0.1, -0.05) is 18.2 Å². The summed E-state index contributed by atoms with van der Waals surface area (Å²) in [6, 6.07) is 10.1. The monoisotopic (exact) mass is 260 g/mol. The lowest BCUT2D eigenvalue weighted by Crippen LogP contribution is -2.27. The smallest absolute Gasteiger partial charge is 0.223 e. The molecule has 2 rings (SSSR count). The van der Waals surface area contributed by atoms with E-state index in [9.17, 15) is 4.79 Å². The molecule has 0 aliphatic heterocycles. The van der Waals surface area contributed by atoms with Crippen LogP contribution in [0.1, 0.15) is 25.1 Å². The molecular weight excluding hydrogens is 240 g/mol. The van der Waals surface area contributed by atoms with Gasteiger partial charge in [-0.05, 0) is 19.1 Å². The normalized spacial score (nSPS) is 12.6. The van der Waals surface area contributed by atoms with Crippen molar-refractivity contribution in [2.75, 3.05) is 20.6 Å². The van der Waals surface area contributed by atoms with Gasteiger partial charge in [0, 0.05) is 32.4 Å². The first-order valence-corrected chi connectivity index (χ1v) is 6.50. The SMILES string of the molecule is CC(NCCC(=O)N(C)C)c1cc2ccccc2o1. The van der Waals surface area contributed by atoms with E-state index < -0.39 is 0 Å². The number of rotatable bonds is 5. The third-order valence-electron chi connectivity index (χ3n) is 3.16. The van der Waals surface area contributed by atoms with E-state index in [0.29, 0.717) is 13.0 Å². The molecule has 1 aromatic carbocycles. The number of hydrogen-bond donors (Lipinski definition) is 1. The zero-order chi connectivity index (χ0) is 13.8. The summed E-state index contributed by atoms with van der Waals surface area (Å²) in [5.74, 6) is 1.03.